The van der Waals surface area contributed by atoms with E-state index in [4.69, 9.17) is 11.6 Å². The molecule has 2 amide bonds. The van der Waals surface area contributed by atoms with E-state index in [9.17, 15) is 32.7 Å². The zero-order chi connectivity index (χ0) is 23.4. The summed E-state index contributed by atoms with van der Waals surface area (Å²) in [5, 5.41) is 12.6. The van der Waals surface area contributed by atoms with Crippen molar-refractivity contribution in [3.8, 4) is 5.75 Å². The highest BCUT2D eigenvalue weighted by atomic mass is 35.5. The largest absolute Gasteiger partial charge is 0.503 e. The maximum absolute atomic E-state index is 14.7. The summed E-state index contributed by atoms with van der Waals surface area (Å²) in [7, 11) is 0. The Labute approximate surface area is 185 Å². The molecule has 1 fully saturated rings. The minimum absolute atomic E-state index is 0.0531. The van der Waals surface area contributed by atoms with Crippen molar-refractivity contribution >= 4 is 23.4 Å². The van der Waals surface area contributed by atoms with Gasteiger partial charge in [0.2, 0.25) is 5.43 Å². The first kappa shape index (κ1) is 22.2. The van der Waals surface area contributed by atoms with Gasteiger partial charge in [0.25, 0.3) is 17.7 Å². The molecule has 0 saturated carbocycles. The summed E-state index contributed by atoms with van der Waals surface area (Å²) in [6, 6.07) is 1.43. The fraction of sp³-hybridized carbons (Fsp3) is 0.381. The molecule has 32 heavy (non-hydrogen) atoms. The van der Waals surface area contributed by atoms with E-state index in [0.717, 1.165) is 10.8 Å². The molecular formula is C21H19ClF3N3O4. The van der Waals surface area contributed by atoms with Gasteiger partial charge in [-0.2, -0.15) is 0 Å². The molecule has 0 radical (unpaired) electrons. The Kier molecular flexibility index (Phi) is 5.44. The first-order valence-corrected chi connectivity index (χ1v) is 10.3. The van der Waals surface area contributed by atoms with E-state index in [1.54, 1.807) is 13.0 Å². The van der Waals surface area contributed by atoms with Crippen LogP contribution in [-0.4, -0.2) is 45.4 Å². The van der Waals surface area contributed by atoms with Crippen molar-refractivity contribution in [1.29, 1.82) is 0 Å². The van der Waals surface area contributed by atoms with Crippen LogP contribution in [0.4, 0.5) is 13.2 Å². The summed E-state index contributed by atoms with van der Waals surface area (Å²) in [4.78, 5) is 39.1. The molecule has 1 saturated heterocycles. The highest BCUT2D eigenvalue weighted by Crippen LogP contribution is 2.41. The molecule has 2 aliphatic rings. The van der Waals surface area contributed by atoms with Crippen LogP contribution in [0.1, 0.15) is 50.9 Å². The van der Waals surface area contributed by atoms with Crippen LogP contribution in [0.25, 0.3) is 0 Å². The zero-order valence-corrected chi connectivity index (χ0v) is 17.7. The Bertz CT molecular complexity index is 1200. The van der Waals surface area contributed by atoms with Gasteiger partial charge in [-0.25, -0.2) is 13.2 Å². The lowest BCUT2D eigenvalue weighted by atomic mass is 10.0. The Balaban J connectivity index is 1.71. The van der Waals surface area contributed by atoms with Crippen LogP contribution in [0.3, 0.4) is 0 Å². The lowest BCUT2D eigenvalue weighted by Crippen LogP contribution is -2.48. The van der Waals surface area contributed by atoms with Crippen molar-refractivity contribution in [1.82, 2.24) is 14.8 Å². The van der Waals surface area contributed by atoms with Gasteiger partial charge in [-0.05, 0) is 18.9 Å². The fourth-order valence-corrected chi connectivity index (χ4v) is 4.25. The third kappa shape index (κ3) is 3.52. The molecule has 4 rings (SSSR count). The second kappa shape index (κ2) is 7.84. The first-order chi connectivity index (χ1) is 15.0. The van der Waals surface area contributed by atoms with Gasteiger partial charge in [0, 0.05) is 37.8 Å². The molecule has 1 aromatic heterocycles. The summed E-state index contributed by atoms with van der Waals surface area (Å²) in [5.41, 5.74) is -1.82. The predicted octanol–water partition coefficient (Wildman–Crippen LogP) is 3.01. The molecule has 11 heteroatoms. The van der Waals surface area contributed by atoms with Crippen molar-refractivity contribution in [2.75, 3.05) is 13.1 Å². The molecule has 1 atom stereocenters. The van der Waals surface area contributed by atoms with Crippen molar-refractivity contribution < 1.29 is 27.9 Å². The molecule has 3 heterocycles. The first-order valence-electron chi connectivity index (χ1n) is 9.89. The van der Waals surface area contributed by atoms with Gasteiger partial charge in [-0.15, -0.1) is 0 Å². The molecular weight excluding hydrogens is 451 g/mol. The number of fused-ring (bicyclic) bond motifs is 4. The maximum Gasteiger partial charge on any atom is 0.274 e. The van der Waals surface area contributed by atoms with Crippen LogP contribution in [0.2, 0.25) is 5.02 Å². The normalized spacial score (nSPS) is 19.3. The minimum Gasteiger partial charge on any atom is -0.503 e. The number of halogens is 4. The van der Waals surface area contributed by atoms with E-state index >= 15 is 0 Å². The molecule has 7 nitrogen and oxygen atoms in total. The fourth-order valence-electron chi connectivity index (χ4n) is 4.06. The number of aromatic hydroxyl groups is 1. The summed E-state index contributed by atoms with van der Waals surface area (Å²) < 4.78 is 44.5. The number of rotatable bonds is 3. The summed E-state index contributed by atoms with van der Waals surface area (Å²) in [6.45, 7) is 1.04. The zero-order valence-electron chi connectivity index (χ0n) is 16.9. The third-order valence-corrected chi connectivity index (χ3v) is 6.36. The molecule has 0 aliphatic carbocycles. The van der Waals surface area contributed by atoms with Crippen molar-refractivity contribution in [2.24, 2.45) is 0 Å². The quantitative estimate of drug-likeness (QED) is 0.723. The predicted molar refractivity (Wildman–Crippen MR) is 109 cm³/mol. The molecule has 2 aliphatic heterocycles. The number of pyridine rings is 1. The summed E-state index contributed by atoms with van der Waals surface area (Å²) >= 11 is 5.86. The SMILES string of the molecule is Cc1ccc(CNC(=O)c2cn3c(c(O)c2=O)C(=O)N2CCCC(F)(F)C3C2)c(F)c1Cl. The number of hydrogen-bond donors (Lipinski definition) is 2. The van der Waals surface area contributed by atoms with Crippen molar-refractivity contribution in [3.63, 3.8) is 0 Å². The lowest BCUT2D eigenvalue weighted by molar-refractivity contribution is -0.0597. The van der Waals surface area contributed by atoms with Crippen LogP contribution in [-0.2, 0) is 6.54 Å². The molecule has 1 unspecified atom stereocenters. The number of nitrogens with zero attached hydrogens (tertiary/aromatic N) is 2. The standard InChI is InChI=1S/C21H19ClF3N3O4/c1-10-3-4-11(15(23)14(10)22)7-26-19(31)12-8-28-13-9-27(6-2-5-21(13,24)25)20(32)16(28)18(30)17(12)29/h3-4,8,13,30H,2,5-7,9H2,1H3,(H,26,31). The molecule has 1 aromatic carbocycles. The van der Waals surface area contributed by atoms with Crippen LogP contribution in [0.5, 0.6) is 5.75 Å². The van der Waals surface area contributed by atoms with Crippen LogP contribution in [0, 0.1) is 12.7 Å². The second-order valence-electron chi connectivity index (χ2n) is 7.96. The highest BCUT2D eigenvalue weighted by molar-refractivity contribution is 6.31. The van der Waals surface area contributed by atoms with Gasteiger partial charge in [0.15, 0.2) is 11.4 Å². The molecule has 2 bridgehead atoms. The van der Waals surface area contributed by atoms with Gasteiger partial charge in [0.1, 0.15) is 17.4 Å². The van der Waals surface area contributed by atoms with Crippen molar-refractivity contribution in [3.05, 3.63) is 61.8 Å². The van der Waals surface area contributed by atoms with Gasteiger partial charge in [-0.1, -0.05) is 23.7 Å². The van der Waals surface area contributed by atoms with E-state index in [-0.39, 0.29) is 36.6 Å². The topological polar surface area (TPSA) is 91.6 Å². The number of benzene rings is 1. The van der Waals surface area contributed by atoms with Crippen molar-refractivity contribution in [2.45, 2.75) is 38.3 Å². The Hall–Kier alpha value is -3.01. The number of aryl methyl sites for hydroxylation is 1. The van der Waals surface area contributed by atoms with E-state index in [2.05, 4.69) is 5.32 Å². The molecule has 0 spiro atoms. The van der Waals surface area contributed by atoms with Crippen LogP contribution < -0.4 is 10.7 Å². The highest BCUT2D eigenvalue weighted by Gasteiger charge is 2.49. The maximum atomic E-state index is 14.7. The third-order valence-electron chi connectivity index (χ3n) is 5.89. The van der Waals surface area contributed by atoms with E-state index in [1.165, 1.54) is 11.0 Å². The molecule has 170 valence electrons. The van der Waals surface area contributed by atoms with E-state index in [0.29, 0.717) is 5.56 Å². The number of nitrogens with one attached hydrogen (secondary N) is 1. The minimum atomic E-state index is -3.22. The van der Waals surface area contributed by atoms with E-state index < -0.39 is 58.5 Å². The average Bonchev–Trinajstić information content (AvgIpc) is 2.88. The monoisotopic (exact) mass is 469 g/mol. The number of alkyl halides is 2. The number of hydrogen-bond acceptors (Lipinski definition) is 4. The van der Waals surface area contributed by atoms with Gasteiger partial charge in [-0.3, -0.25) is 14.4 Å². The average molecular weight is 470 g/mol. The van der Waals surface area contributed by atoms with Gasteiger partial charge < -0.3 is 19.9 Å². The van der Waals surface area contributed by atoms with Crippen LogP contribution in [0.15, 0.2) is 23.1 Å². The summed E-state index contributed by atoms with van der Waals surface area (Å²) in [5.74, 6) is -6.79. The summed E-state index contributed by atoms with van der Waals surface area (Å²) in [6.07, 6.45) is 0.444. The van der Waals surface area contributed by atoms with Crippen LogP contribution >= 0.6 is 11.6 Å². The molecule has 2 aromatic rings. The number of amides is 2. The van der Waals surface area contributed by atoms with E-state index in [1.807, 2.05) is 0 Å². The number of carbonyl (C=O) groups is 2. The smallest absolute Gasteiger partial charge is 0.274 e. The molecule has 2 N–H and O–H groups in total. The number of carbonyl (C=O) groups excluding carboxylic acids is 2. The Morgan fingerprint density at radius 1 is 1.34 bits per heavy atom. The lowest BCUT2D eigenvalue weighted by Gasteiger charge is -2.37. The number of aromatic nitrogens is 1. The van der Waals surface area contributed by atoms with Gasteiger partial charge in [0.05, 0.1) is 5.02 Å². The second-order valence-corrected chi connectivity index (χ2v) is 8.34. The van der Waals surface area contributed by atoms with Gasteiger partial charge >= 0.3 is 0 Å². The Morgan fingerprint density at radius 2 is 2.06 bits per heavy atom. The Morgan fingerprint density at radius 3 is 2.78 bits per heavy atom.